The molecule has 2 aliphatic rings. The number of rotatable bonds is 3. The first-order valence-electron chi connectivity index (χ1n) is 7.28. The Kier molecular flexibility index (Phi) is 3.16. The van der Waals surface area contributed by atoms with E-state index >= 15 is 0 Å². The van der Waals surface area contributed by atoms with Crippen molar-refractivity contribution in [3.05, 3.63) is 35.4 Å². The minimum Gasteiger partial charge on any atom is -0.326 e. The van der Waals surface area contributed by atoms with Crippen molar-refractivity contribution in [1.29, 1.82) is 0 Å². The molecule has 0 bridgehead atoms. The lowest BCUT2D eigenvalue weighted by atomic mass is 9.97. The van der Waals surface area contributed by atoms with Crippen LogP contribution in [0.5, 0.6) is 0 Å². The van der Waals surface area contributed by atoms with Crippen LogP contribution in [0, 0.1) is 0 Å². The number of nitrogens with zero attached hydrogens (tertiary/aromatic N) is 1. The first-order chi connectivity index (χ1) is 8.66. The maximum atomic E-state index is 6.34. The third-order valence-electron chi connectivity index (χ3n) is 4.45. The molecule has 1 saturated heterocycles. The third kappa shape index (κ3) is 2.19. The zero-order valence-corrected chi connectivity index (χ0v) is 11.5. The Balaban J connectivity index is 1.89. The molecule has 0 radical (unpaired) electrons. The highest BCUT2D eigenvalue weighted by Crippen LogP contribution is 2.42. The minimum atomic E-state index is 0.293. The van der Waals surface area contributed by atoms with Crippen molar-refractivity contribution in [3.63, 3.8) is 0 Å². The van der Waals surface area contributed by atoms with E-state index in [1.165, 1.54) is 24.0 Å². The molecule has 1 aliphatic heterocycles. The van der Waals surface area contributed by atoms with Crippen LogP contribution in [0.4, 0.5) is 0 Å². The minimum absolute atomic E-state index is 0.293. The first-order valence-corrected chi connectivity index (χ1v) is 7.28. The molecule has 1 saturated carbocycles. The van der Waals surface area contributed by atoms with Gasteiger partial charge in [0.2, 0.25) is 0 Å². The van der Waals surface area contributed by atoms with E-state index in [9.17, 15) is 0 Å². The molecule has 0 amide bonds. The fourth-order valence-electron chi connectivity index (χ4n) is 3.27. The molecule has 2 N–H and O–H groups in total. The van der Waals surface area contributed by atoms with E-state index in [-0.39, 0.29) is 0 Å². The van der Waals surface area contributed by atoms with Gasteiger partial charge in [-0.1, -0.05) is 24.3 Å². The summed E-state index contributed by atoms with van der Waals surface area (Å²) >= 11 is 0. The van der Waals surface area contributed by atoms with E-state index in [1.807, 2.05) is 0 Å². The van der Waals surface area contributed by atoms with Crippen molar-refractivity contribution < 1.29 is 0 Å². The van der Waals surface area contributed by atoms with E-state index in [2.05, 4.69) is 43.0 Å². The standard InChI is InChI=1S/C16H24N2/c1-11(2)18-9-8-15(17)16(18)14-5-3-4-13(10-14)12-6-7-12/h3-5,10-12,15-16H,6-9,17H2,1-2H3. The van der Waals surface area contributed by atoms with E-state index in [1.54, 1.807) is 0 Å². The molecule has 0 spiro atoms. The lowest BCUT2D eigenvalue weighted by Crippen LogP contribution is -2.35. The molecule has 0 aromatic heterocycles. The second-order valence-electron chi connectivity index (χ2n) is 6.17. The Labute approximate surface area is 110 Å². The average molecular weight is 244 g/mol. The topological polar surface area (TPSA) is 29.3 Å². The summed E-state index contributed by atoms with van der Waals surface area (Å²) in [4.78, 5) is 2.55. The van der Waals surface area contributed by atoms with Crippen LogP contribution in [-0.2, 0) is 0 Å². The maximum absolute atomic E-state index is 6.34. The van der Waals surface area contributed by atoms with Gasteiger partial charge in [-0.05, 0) is 50.2 Å². The molecule has 1 aliphatic carbocycles. The van der Waals surface area contributed by atoms with Gasteiger partial charge in [-0.3, -0.25) is 4.90 Å². The van der Waals surface area contributed by atoms with Gasteiger partial charge in [-0.25, -0.2) is 0 Å². The lowest BCUT2D eigenvalue weighted by Gasteiger charge is -2.30. The molecule has 2 heteroatoms. The first kappa shape index (κ1) is 12.2. The Morgan fingerprint density at radius 2 is 1.89 bits per heavy atom. The van der Waals surface area contributed by atoms with Crippen molar-refractivity contribution in [3.8, 4) is 0 Å². The van der Waals surface area contributed by atoms with Crippen molar-refractivity contribution in [1.82, 2.24) is 4.90 Å². The summed E-state index contributed by atoms with van der Waals surface area (Å²) in [6, 6.07) is 10.5. The number of benzene rings is 1. The van der Waals surface area contributed by atoms with Crippen LogP contribution in [0.15, 0.2) is 24.3 Å². The van der Waals surface area contributed by atoms with E-state index < -0.39 is 0 Å². The lowest BCUT2D eigenvalue weighted by molar-refractivity contribution is 0.198. The van der Waals surface area contributed by atoms with Crippen molar-refractivity contribution in [2.45, 2.75) is 57.2 Å². The normalized spacial score (nSPS) is 29.1. The molecule has 1 aromatic rings. The average Bonchev–Trinajstić information content (AvgIpc) is 3.12. The fraction of sp³-hybridized carbons (Fsp3) is 0.625. The molecule has 1 heterocycles. The zero-order valence-electron chi connectivity index (χ0n) is 11.5. The van der Waals surface area contributed by atoms with Crippen LogP contribution in [0.3, 0.4) is 0 Å². The van der Waals surface area contributed by atoms with Gasteiger partial charge in [0.25, 0.3) is 0 Å². The summed E-state index contributed by atoms with van der Waals surface area (Å²) in [6.07, 6.45) is 3.86. The van der Waals surface area contributed by atoms with Gasteiger partial charge < -0.3 is 5.73 Å². The van der Waals surface area contributed by atoms with Gasteiger partial charge >= 0.3 is 0 Å². The predicted molar refractivity (Wildman–Crippen MR) is 75.6 cm³/mol. The van der Waals surface area contributed by atoms with Crippen LogP contribution < -0.4 is 5.73 Å². The van der Waals surface area contributed by atoms with E-state index in [4.69, 9.17) is 5.73 Å². The van der Waals surface area contributed by atoms with Gasteiger partial charge in [0, 0.05) is 18.6 Å². The number of hydrogen-bond donors (Lipinski definition) is 1. The van der Waals surface area contributed by atoms with Gasteiger partial charge in [0.15, 0.2) is 0 Å². The van der Waals surface area contributed by atoms with E-state index in [0.29, 0.717) is 18.1 Å². The smallest absolute Gasteiger partial charge is 0.0502 e. The van der Waals surface area contributed by atoms with Crippen LogP contribution in [0.25, 0.3) is 0 Å². The molecule has 3 rings (SSSR count). The molecule has 2 atom stereocenters. The Morgan fingerprint density at radius 3 is 2.56 bits per heavy atom. The van der Waals surface area contributed by atoms with Crippen LogP contribution in [-0.4, -0.2) is 23.5 Å². The second-order valence-corrected chi connectivity index (χ2v) is 6.17. The quantitative estimate of drug-likeness (QED) is 0.885. The maximum Gasteiger partial charge on any atom is 0.0502 e. The number of nitrogens with two attached hydrogens (primary N) is 1. The fourth-order valence-corrected chi connectivity index (χ4v) is 3.27. The molecule has 2 fully saturated rings. The summed E-state index contributed by atoms with van der Waals surface area (Å²) in [5, 5.41) is 0. The predicted octanol–water partition coefficient (Wildman–Crippen LogP) is 3.05. The summed E-state index contributed by atoms with van der Waals surface area (Å²) in [6.45, 7) is 5.68. The molecular weight excluding hydrogens is 220 g/mol. The molecule has 2 nitrogen and oxygen atoms in total. The highest BCUT2D eigenvalue weighted by molar-refractivity contribution is 5.32. The van der Waals surface area contributed by atoms with Crippen LogP contribution in [0.2, 0.25) is 0 Å². The van der Waals surface area contributed by atoms with Crippen LogP contribution in [0.1, 0.15) is 56.2 Å². The van der Waals surface area contributed by atoms with E-state index in [0.717, 1.165) is 18.9 Å². The third-order valence-corrected chi connectivity index (χ3v) is 4.45. The number of likely N-dealkylation sites (tertiary alicyclic amines) is 1. The zero-order chi connectivity index (χ0) is 12.7. The molecule has 18 heavy (non-hydrogen) atoms. The van der Waals surface area contributed by atoms with Crippen molar-refractivity contribution in [2.75, 3.05) is 6.54 Å². The monoisotopic (exact) mass is 244 g/mol. The molecule has 1 aromatic carbocycles. The Morgan fingerprint density at radius 1 is 1.17 bits per heavy atom. The largest absolute Gasteiger partial charge is 0.326 e. The Hall–Kier alpha value is -0.860. The van der Waals surface area contributed by atoms with Gasteiger partial charge in [-0.2, -0.15) is 0 Å². The summed E-state index contributed by atoms with van der Waals surface area (Å²) in [5.74, 6) is 0.829. The Bertz CT molecular complexity index is 423. The summed E-state index contributed by atoms with van der Waals surface area (Å²) in [5.41, 5.74) is 9.29. The molecule has 2 unspecified atom stereocenters. The number of hydrogen-bond acceptors (Lipinski definition) is 2. The highest BCUT2D eigenvalue weighted by Gasteiger charge is 2.34. The van der Waals surface area contributed by atoms with Crippen LogP contribution >= 0.6 is 0 Å². The van der Waals surface area contributed by atoms with Gasteiger partial charge in [0.05, 0.1) is 6.04 Å². The molecule has 98 valence electrons. The van der Waals surface area contributed by atoms with Crippen molar-refractivity contribution >= 4 is 0 Å². The molecular formula is C16H24N2. The SMILES string of the molecule is CC(C)N1CCC(N)C1c1cccc(C2CC2)c1. The second kappa shape index (κ2) is 4.67. The summed E-state index contributed by atoms with van der Waals surface area (Å²) < 4.78 is 0. The van der Waals surface area contributed by atoms with Gasteiger partial charge in [0.1, 0.15) is 0 Å². The van der Waals surface area contributed by atoms with Gasteiger partial charge in [-0.15, -0.1) is 0 Å². The van der Waals surface area contributed by atoms with Crippen molar-refractivity contribution in [2.24, 2.45) is 5.73 Å². The highest BCUT2D eigenvalue weighted by atomic mass is 15.2. The summed E-state index contributed by atoms with van der Waals surface area (Å²) in [7, 11) is 0.